The zero-order valence-corrected chi connectivity index (χ0v) is 26.1. The lowest BCUT2D eigenvalue weighted by Crippen LogP contribution is -2.15. The van der Waals surface area contributed by atoms with Crippen molar-refractivity contribution in [2.75, 3.05) is 7.11 Å². The van der Waals surface area contributed by atoms with E-state index in [1.165, 1.54) is 87.5 Å². The van der Waals surface area contributed by atoms with Gasteiger partial charge in [-0.1, -0.05) is 98.8 Å². The number of benzene rings is 8. The molecule has 0 bridgehead atoms. The fourth-order valence-electron chi connectivity index (χ4n) is 8.49. The normalized spacial score (nSPS) is 13.7. The molecule has 1 aromatic heterocycles. The highest BCUT2D eigenvalue weighted by Crippen LogP contribution is 2.54. The van der Waals surface area contributed by atoms with Crippen LogP contribution in [0.3, 0.4) is 0 Å². The highest BCUT2D eigenvalue weighted by Gasteiger charge is 2.37. The first-order valence-electron chi connectivity index (χ1n) is 16.1. The second-order valence-corrected chi connectivity index (χ2v) is 13.3. The molecule has 1 heterocycles. The van der Waals surface area contributed by atoms with E-state index in [9.17, 15) is 0 Å². The molecular weight excluding hydrogens is 558 g/mol. The van der Waals surface area contributed by atoms with Crippen LogP contribution in [-0.4, -0.2) is 11.7 Å². The molecule has 8 aromatic carbocycles. The van der Waals surface area contributed by atoms with E-state index in [2.05, 4.69) is 152 Å². The van der Waals surface area contributed by atoms with Crippen molar-refractivity contribution in [1.29, 1.82) is 0 Å². The summed E-state index contributed by atoms with van der Waals surface area (Å²) in [5, 5.41) is 12.6. The first-order chi connectivity index (χ1) is 22.5. The average Bonchev–Trinajstić information content (AvgIpc) is 3.54. The summed E-state index contributed by atoms with van der Waals surface area (Å²) in [6, 6.07) is 49.3. The predicted molar refractivity (Wildman–Crippen MR) is 195 cm³/mol. The summed E-state index contributed by atoms with van der Waals surface area (Å²) in [7, 11) is 1.78. The van der Waals surface area contributed by atoms with Crippen LogP contribution in [0.15, 0.2) is 133 Å². The fraction of sp³-hybridized carbons (Fsp3) is 0.0909. The average molecular weight is 590 g/mol. The van der Waals surface area contributed by atoms with Crippen molar-refractivity contribution >= 4 is 64.9 Å². The van der Waals surface area contributed by atoms with Gasteiger partial charge < -0.3 is 9.30 Å². The zero-order chi connectivity index (χ0) is 30.7. The van der Waals surface area contributed by atoms with Gasteiger partial charge in [0.25, 0.3) is 0 Å². The van der Waals surface area contributed by atoms with Crippen molar-refractivity contribution in [3.63, 3.8) is 0 Å². The summed E-state index contributed by atoms with van der Waals surface area (Å²) in [5.74, 6) is 0.916. The van der Waals surface area contributed by atoms with Gasteiger partial charge in [-0.15, -0.1) is 0 Å². The number of hydrogen-bond donors (Lipinski definition) is 0. The van der Waals surface area contributed by atoms with Crippen LogP contribution >= 0.6 is 0 Å². The second-order valence-electron chi connectivity index (χ2n) is 13.3. The molecule has 2 heteroatoms. The van der Waals surface area contributed by atoms with Gasteiger partial charge in [-0.2, -0.15) is 0 Å². The number of para-hydroxylation sites is 2. The molecule has 0 aliphatic heterocycles. The molecule has 10 rings (SSSR count). The Morgan fingerprint density at radius 1 is 0.457 bits per heavy atom. The molecule has 2 nitrogen and oxygen atoms in total. The topological polar surface area (TPSA) is 14.2 Å². The molecule has 9 aromatic rings. The molecule has 0 radical (unpaired) electrons. The van der Waals surface area contributed by atoms with Crippen molar-refractivity contribution in [2.24, 2.45) is 0 Å². The minimum Gasteiger partial charge on any atom is -0.496 e. The predicted octanol–water partition coefficient (Wildman–Crippen LogP) is 11.7. The van der Waals surface area contributed by atoms with Gasteiger partial charge in [-0.25, -0.2) is 0 Å². The molecule has 0 fully saturated rings. The quantitative estimate of drug-likeness (QED) is 0.183. The maximum atomic E-state index is 5.95. The Kier molecular flexibility index (Phi) is 5.02. The van der Waals surface area contributed by atoms with E-state index >= 15 is 0 Å². The van der Waals surface area contributed by atoms with Crippen LogP contribution in [-0.2, 0) is 5.41 Å². The first kappa shape index (κ1) is 25.7. The molecule has 218 valence electrons. The van der Waals surface area contributed by atoms with Gasteiger partial charge in [-0.05, 0) is 108 Å². The highest BCUT2D eigenvalue weighted by atomic mass is 16.5. The van der Waals surface area contributed by atoms with Crippen molar-refractivity contribution in [3.05, 3.63) is 145 Å². The van der Waals surface area contributed by atoms with E-state index in [0.29, 0.717) is 0 Å². The summed E-state index contributed by atoms with van der Waals surface area (Å²) in [4.78, 5) is 0. The number of fused-ring (bicyclic) bond motifs is 14. The van der Waals surface area contributed by atoms with Crippen molar-refractivity contribution in [1.82, 2.24) is 4.57 Å². The largest absolute Gasteiger partial charge is 0.496 e. The van der Waals surface area contributed by atoms with E-state index < -0.39 is 0 Å². The zero-order valence-electron chi connectivity index (χ0n) is 26.1. The number of methoxy groups -OCH3 is 1. The lowest BCUT2D eigenvalue weighted by molar-refractivity contribution is 0.420. The van der Waals surface area contributed by atoms with Gasteiger partial charge in [0.1, 0.15) is 5.75 Å². The van der Waals surface area contributed by atoms with Crippen LogP contribution < -0.4 is 4.74 Å². The Morgan fingerprint density at radius 2 is 1.02 bits per heavy atom. The van der Waals surface area contributed by atoms with Gasteiger partial charge in [0, 0.05) is 27.3 Å². The van der Waals surface area contributed by atoms with Gasteiger partial charge in [0.15, 0.2) is 0 Å². The molecule has 0 saturated carbocycles. The monoisotopic (exact) mass is 589 g/mol. The standard InChI is InChI=1S/C44H31NO/c1-44(2)38-23-36-32(27-15-7-8-16-28(27)37-24-42(46-3)30-18-9-10-19-31(30)43(36)37)21-33(38)34-22-35-29-17-11-12-20-40(29)45(41(35)25-39(34)44)26-13-5-4-6-14-26/h4-25H,1-3H3. The summed E-state index contributed by atoms with van der Waals surface area (Å²) >= 11 is 0. The molecular formula is C44H31NO. The van der Waals surface area contributed by atoms with Gasteiger partial charge in [-0.3, -0.25) is 0 Å². The summed E-state index contributed by atoms with van der Waals surface area (Å²) < 4.78 is 8.38. The molecule has 0 saturated heterocycles. The molecule has 0 unspecified atom stereocenters. The van der Waals surface area contributed by atoms with Crippen LogP contribution in [0.25, 0.3) is 81.7 Å². The molecule has 0 atom stereocenters. The summed E-state index contributed by atoms with van der Waals surface area (Å²) in [6.07, 6.45) is 0. The minimum absolute atomic E-state index is 0.175. The van der Waals surface area contributed by atoms with Gasteiger partial charge in [0.05, 0.1) is 18.1 Å². The number of ether oxygens (including phenoxy) is 1. The fourth-order valence-corrected chi connectivity index (χ4v) is 8.49. The van der Waals surface area contributed by atoms with Gasteiger partial charge in [0.2, 0.25) is 0 Å². The van der Waals surface area contributed by atoms with E-state index in [1.807, 2.05) is 0 Å². The molecule has 0 N–H and O–H groups in total. The number of rotatable bonds is 2. The molecule has 46 heavy (non-hydrogen) atoms. The molecule has 1 aliphatic rings. The Labute approximate surface area is 267 Å². The lowest BCUT2D eigenvalue weighted by atomic mass is 9.80. The van der Waals surface area contributed by atoms with Crippen LogP contribution in [0, 0.1) is 0 Å². The molecule has 0 spiro atoms. The Hall–Kier alpha value is -5.60. The minimum atomic E-state index is -0.175. The lowest BCUT2D eigenvalue weighted by Gasteiger charge is -2.23. The SMILES string of the molecule is COc1cc2c3ccccc3c3cc4c(cc3c2c2ccccc12)C(C)(C)c1cc2c(cc1-4)c1ccccc1n2-c1ccccc1. The third-order valence-electron chi connectivity index (χ3n) is 10.6. The maximum absolute atomic E-state index is 5.95. The van der Waals surface area contributed by atoms with Crippen molar-refractivity contribution < 1.29 is 4.74 Å². The van der Waals surface area contributed by atoms with E-state index in [4.69, 9.17) is 4.74 Å². The van der Waals surface area contributed by atoms with Gasteiger partial charge >= 0.3 is 0 Å². The van der Waals surface area contributed by atoms with Crippen LogP contribution in [0.1, 0.15) is 25.0 Å². The van der Waals surface area contributed by atoms with E-state index in [0.717, 1.165) is 11.1 Å². The summed E-state index contributed by atoms with van der Waals surface area (Å²) in [6.45, 7) is 4.80. The maximum Gasteiger partial charge on any atom is 0.127 e. The van der Waals surface area contributed by atoms with E-state index in [-0.39, 0.29) is 5.41 Å². The Morgan fingerprint density at radius 3 is 1.76 bits per heavy atom. The molecule has 1 aliphatic carbocycles. The van der Waals surface area contributed by atoms with Crippen LogP contribution in [0.2, 0.25) is 0 Å². The highest BCUT2D eigenvalue weighted by molar-refractivity contribution is 6.32. The van der Waals surface area contributed by atoms with E-state index in [1.54, 1.807) is 7.11 Å². The van der Waals surface area contributed by atoms with Crippen LogP contribution in [0.4, 0.5) is 0 Å². The first-order valence-corrected chi connectivity index (χ1v) is 16.1. The van der Waals surface area contributed by atoms with Crippen LogP contribution in [0.5, 0.6) is 5.75 Å². The van der Waals surface area contributed by atoms with Crippen molar-refractivity contribution in [2.45, 2.75) is 19.3 Å². The Balaban J connectivity index is 1.36. The third kappa shape index (κ3) is 3.21. The van der Waals surface area contributed by atoms with Crippen molar-refractivity contribution in [3.8, 4) is 22.6 Å². The smallest absolute Gasteiger partial charge is 0.127 e. The number of nitrogens with zero attached hydrogens (tertiary/aromatic N) is 1. The Bertz CT molecular complexity index is 2750. The third-order valence-corrected chi connectivity index (χ3v) is 10.6. The molecule has 0 amide bonds. The number of hydrogen-bond acceptors (Lipinski definition) is 1. The summed E-state index contributed by atoms with van der Waals surface area (Å²) in [5.41, 5.74) is 8.95. The second kappa shape index (κ2) is 8.99. The number of aromatic nitrogens is 1.